The molecule has 0 aliphatic carbocycles. The van der Waals surface area contributed by atoms with E-state index in [9.17, 15) is 9.59 Å². The van der Waals surface area contributed by atoms with Gasteiger partial charge in [0, 0.05) is 32.1 Å². The van der Waals surface area contributed by atoms with Crippen molar-refractivity contribution in [3.63, 3.8) is 0 Å². The van der Waals surface area contributed by atoms with Gasteiger partial charge in [0.1, 0.15) is 11.5 Å². The zero-order valence-corrected chi connectivity index (χ0v) is 16.0. The quantitative estimate of drug-likeness (QED) is 0.737. The Hall–Kier alpha value is -3.02. The number of benzene rings is 2. The molecule has 0 aliphatic rings. The van der Waals surface area contributed by atoms with Gasteiger partial charge in [-0.3, -0.25) is 9.59 Å². The summed E-state index contributed by atoms with van der Waals surface area (Å²) in [6, 6.07) is 14.7. The predicted molar refractivity (Wildman–Crippen MR) is 104 cm³/mol. The zero-order chi connectivity index (χ0) is 19.6. The molecular formula is C21H26N2O4. The first kappa shape index (κ1) is 20.3. The molecule has 0 atom stereocenters. The average molecular weight is 370 g/mol. The van der Waals surface area contributed by atoms with Gasteiger partial charge in [-0.05, 0) is 42.3 Å². The Labute approximate surface area is 160 Å². The third-order valence-electron chi connectivity index (χ3n) is 4.25. The Bertz CT molecular complexity index is 776. The van der Waals surface area contributed by atoms with Crippen molar-refractivity contribution in [1.82, 2.24) is 10.2 Å². The van der Waals surface area contributed by atoms with Crippen molar-refractivity contribution in [2.45, 2.75) is 13.3 Å². The monoisotopic (exact) mass is 370 g/mol. The number of amides is 2. The maximum atomic E-state index is 12.2. The molecule has 2 amide bonds. The van der Waals surface area contributed by atoms with Gasteiger partial charge >= 0.3 is 0 Å². The molecule has 27 heavy (non-hydrogen) atoms. The van der Waals surface area contributed by atoms with E-state index in [0.717, 1.165) is 17.7 Å². The summed E-state index contributed by atoms with van der Waals surface area (Å²) in [7, 11) is 3.19. The summed E-state index contributed by atoms with van der Waals surface area (Å²) < 4.78 is 10.3. The molecule has 1 N–H and O–H groups in total. The molecule has 144 valence electrons. The summed E-state index contributed by atoms with van der Waals surface area (Å²) in [5.41, 5.74) is 1.63. The molecule has 0 radical (unpaired) electrons. The molecule has 0 bridgehead atoms. The van der Waals surface area contributed by atoms with E-state index in [2.05, 4.69) is 5.32 Å². The second-order valence-corrected chi connectivity index (χ2v) is 6.10. The smallest absolute Gasteiger partial charge is 0.251 e. The van der Waals surface area contributed by atoms with E-state index in [1.807, 2.05) is 24.3 Å². The largest absolute Gasteiger partial charge is 0.497 e. The van der Waals surface area contributed by atoms with Gasteiger partial charge in [-0.2, -0.15) is 0 Å². The van der Waals surface area contributed by atoms with Crippen LogP contribution in [0, 0.1) is 0 Å². The van der Waals surface area contributed by atoms with Crippen molar-refractivity contribution in [3.8, 4) is 11.5 Å². The van der Waals surface area contributed by atoms with E-state index in [-0.39, 0.29) is 11.8 Å². The summed E-state index contributed by atoms with van der Waals surface area (Å²) in [5.74, 6) is 1.22. The lowest BCUT2D eigenvalue weighted by Gasteiger charge is -2.21. The Kier molecular flexibility index (Phi) is 7.67. The third kappa shape index (κ3) is 6.33. The van der Waals surface area contributed by atoms with Gasteiger partial charge in [0.05, 0.1) is 14.2 Å². The minimum atomic E-state index is -0.190. The Morgan fingerprint density at radius 2 is 1.63 bits per heavy atom. The molecule has 0 aromatic heterocycles. The standard InChI is InChI=1S/C21H26N2O4/c1-16(24)23(12-10-17-6-4-8-19(14-17)26-2)13-11-22-21(25)18-7-5-9-20(15-18)27-3/h4-9,14-15H,10-13H2,1-3H3,(H,22,25). The lowest BCUT2D eigenvalue weighted by atomic mass is 10.1. The number of nitrogens with one attached hydrogen (secondary N) is 1. The van der Waals surface area contributed by atoms with Gasteiger partial charge in [-0.25, -0.2) is 0 Å². The van der Waals surface area contributed by atoms with Crippen molar-refractivity contribution in [2.75, 3.05) is 33.9 Å². The van der Waals surface area contributed by atoms with Crippen molar-refractivity contribution < 1.29 is 19.1 Å². The molecule has 0 aliphatic heterocycles. The number of rotatable bonds is 9. The summed E-state index contributed by atoms with van der Waals surface area (Å²) >= 11 is 0. The number of carbonyl (C=O) groups excluding carboxylic acids is 2. The van der Waals surface area contributed by atoms with Crippen LogP contribution in [0.5, 0.6) is 11.5 Å². The van der Waals surface area contributed by atoms with Crippen molar-refractivity contribution >= 4 is 11.8 Å². The molecule has 0 saturated carbocycles. The van der Waals surface area contributed by atoms with Crippen LogP contribution in [0.25, 0.3) is 0 Å². The first-order chi connectivity index (χ1) is 13.0. The fourth-order valence-corrected chi connectivity index (χ4v) is 2.69. The second kappa shape index (κ2) is 10.2. The van der Waals surface area contributed by atoms with Crippen LogP contribution in [-0.4, -0.2) is 50.6 Å². The maximum Gasteiger partial charge on any atom is 0.251 e. The van der Waals surface area contributed by atoms with Crippen LogP contribution >= 0.6 is 0 Å². The summed E-state index contributed by atoms with van der Waals surface area (Å²) in [6.07, 6.45) is 0.723. The van der Waals surface area contributed by atoms with Crippen LogP contribution in [0.1, 0.15) is 22.8 Å². The number of methoxy groups -OCH3 is 2. The van der Waals surface area contributed by atoms with E-state index in [0.29, 0.717) is 30.9 Å². The number of carbonyl (C=O) groups is 2. The number of hydrogen-bond acceptors (Lipinski definition) is 4. The molecule has 2 aromatic carbocycles. The van der Waals surface area contributed by atoms with Gasteiger partial charge in [0.25, 0.3) is 5.91 Å². The van der Waals surface area contributed by atoms with Crippen LogP contribution in [0.4, 0.5) is 0 Å². The molecule has 0 heterocycles. The molecular weight excluding hydrogens is 344 g/mol. The van der Waals surface area contributed by atoms with Crippen LogP contribution in [0.3, 0.4) is 0 Å². The number of nitrogens with zero attached hydrogens (tertiary/aromatic N) is 1. The van der Waals surface area contributed by atoms with E-state index in [1.54, 1.807) is 43.4 Å². The number of ether oxygens (including phenoxy) is 2. The average Bonchev–Trinajstić information content (AvgIpc) is 2.70. The van der Waals surface area contributed by atoms with E-state index >= 15 is 0 Å². The van der Waals surface area contributed by atoms with Gasteiger partial charge in [0.15, 0.2) is 0 Å². The van der Waals surface area contributed by atoms with Crippen LogP contribution in [-0.2, 0) is 11.2 Å². The molecule has 6 heteroatoms. The van der Waals surface area contributed by atoms with Crippen molar-refractivity contribution in [2.24, 2.45) is 0 Å². The second-order valence-electron chi connectivity index (χ2n) is 6.10. The fraction of sp³-hybridized carbons (Fsp3) is 0.333. The van der Waals surface area contributed by atoms with E-state index in [4.69, 9.17) is 9.47 Å². The van der Waals surface area contributed by atoms with Crippen LogP contribution in [0.15, 0.2) is 48.5 Å². The summed E-state index contributed by atoms with van der Waals surface area (Å²) in [6.45, 7) is 2.95. The molecule has 2 aromatic rings. The van der Waals surface area contributed by atoms with Crippen molar-refractivity contribution in [3.05, 3.63) is 59.7 Å². The van der Waals surface area contributed by atoms with Gasteiger partial charge < -0.3 is 19.7 Å². The molecule has 0 unspecified atom stereocenters. The topological polar surface area (TPSA) is 67.9 Å². The normalized spacial score (nSPS) is 10.2. The van der Waals surface area contributed by atoms with Crippen LogP contribution in [0.2, 0.25) is 0 Å². The van der Waals surface area contributed by atoms with E-state index < -0.39 is 0 Å². The predicted octanol–water partition coefficient (Wildman–Crippen LogP) is 2.52. The Balaban J connectivity index is 1.85. The van der Waals surface area contributed by atoms with Crippen LogP contribution < -0.4 is 14.8 Å². The van der Waals surface area contributed by atoms with Gasteiger partial charge in [-0.15, -0.1) is 0 Å². The Morgan fingerprint density at radius 3 is 2.30 bits per heavy atom. The highest BCUT2D eigenvalue weighted by atomic mass is 16.5. The zero-order valence-electron chi connectivity index (χ0n) is 16.0. The summed E-state index contributed by atoms with van der Waals surface area (Å²) in [5, 5.41) is 2.84. The lowest BCUT2D eigenvalue weighted by Crippen LogP contribution is -2.38. The minimum Gasteiger partial charge on any atom is -0.497 e. The highest BCUT2D eigenvalue weighted by molar-refractivity contribution is 5.94. The lowest BCUT2D eigenvalue weighted by molar-refractivity contribution is -0.128. The molecule has 0 fully saturated rings. The highest BCUT2D eigenvalue weighted by Gasteiger charge is 2.11. The molecule has 6 nitrogen and oxygen atoms in total. The molecule has 0 saturated heterocycles. The van der Waals surface area contributed by atoms with E-state index in [1.165, 1.54) is 6.92 Å². The molecule has 2 rings (SSSR count). The minimum absolute atomic E-state index is 0.0199. The maximum absolute atomic E-state index is 12.2. The Morgan fingerprint density at radius 1 is 0.963 bits per heavy atom. The highest BCUT2D eigenvalue weighted by Crippen LogP contribution is 2.14. The molecule has 0 spiro atoms. The van der Waals surface area contributed by atoms with Gasteiger partial charge in [-0.1, -0.05) is 18.2 Å². The van der Waals surface area contributed by atoms with Crippen molar-refractivity contribution in [1.29, 1.82) is 0 Å². The fourth-order valence-electron chi connectivity index (χ4n) is 2.69. The first-order valence-corrected chi connectivity index (χ1v) is 8.84. The third-order valence-corrected chi connectivity index (χ3v) is 4.25. The first-order valence-electron chi connectivity index (χ1n) is 8.84. The van der Waals surface area contributed by atoms with Gasteiger partial charge in [0.2, 0.25) is 5.91 Å². The SMILES string of the molecule is COc1cccc(CCN(CCNC(=O)c2cccc(OC)c2)C(C)=O)c1. The summed E-state index contributed by atoms with van der Waals surface area (Å²) in [4.78, 5) is 25.8. The number of hydrogen-bond donors (Lipinski definition) is 1.